The van der Waals surface area contributed by atoms with Crippen LogP contribution in [0.3, 0.4) is 0 Å². The Labute approximate surface area is 153 Å². The average Bonchev–Trinajstić information content (AvgIpc) is 2.68. The number of rotatable bonds is 6. The third kappa shape index (κ3) is 4.74. The molecule has 25 heavy (non-hydrogen) atoms. The maximum atomic E-state index is 13.0. The lowest BCUT2D eigenvalue weighted by molar-refractivity contribution is -0.121. The van der Waals surface area contributed by atoms with Crippen LogP contribution in [0.15, 0.2) is 95.9 Å². The lowest BCUT2D eigenvalue weighted by Crippen LogP contribution is -2.30. The molecule has 3 rings (SSSR count). The summed E-state index contributed by atoms with van der Waals surface area (Å²) in [5.74, 6) is 0.0245. The summed E-state index contributed by atoms with van der Waals surface area (Å²) >= 11 is 1.58. The zero-order valence-corrected chi connectivity index (χ0v) is 14.9. The molecule has 3 aromatic carbocycles. The molecule has 2 nitrogen and oxygen atoms in total. The molecule has 126 valence electrons. The van der Waals surface area contributed by atoms with Crippen LogP contribution in [0.2, 0.25) is 0 Å². The third-order valence-electron chi connectivity index (χ3n) is 4.00. The van der Waals surface area contributed by atoms with Crippen molar-refractivity contribution in [3.63, 3.8) is 0 Å². The van der Waals surface area contributed by atoms with Gasteiger partial charge in [-0.1, -0.05) is 78.9 Å². The fraction of sp³-hybridized carbons (Fsp3) is 0.136. The molecule has 0 saturated heterocycles. The van der Waals surface area contributed by atoms with E-state index in [1.807, 2.05) is 97.9 Å². The first-order chi connectivity index (χ1) is 12.2. The summed E-state index contributed by atoms with van der Waals surface area (Å²) in [5.41, 5.74) is 2.11. The number of benzene rings is 3. The average molecular weight is 347 g/mol. The number of hydrogen-bond acceptors (Lipinski definition) is 2. The minimum absolute atomic E-state index is 0.0245. The van der Waals surface area contributed by atoms with Gasteiger partial charge in [-0.3, -0.25) is 4.79 Å². The van der Waals surface area contributed by atoms with Crippen LogP contribution in [-0.4, -0.2) is 5.91 Å². The molecular formula is C22H21NOS. The topological polar surface area (TPSA) is 29.1 Å². The highest BCUT2D eigenvalue weighted by Crippen LogP contribution is 2.35. The molecule has 0 saturated carbocycles. The Balaban J connectivity index is 1.80. The van der Waals surface area contributed by atoms with Crippen molar-refractivity contribution in [2.24, 2.45) is 0 Å². The van der Waals surface area contributed by atoms with E-state index in [0.717, 1.165) is 16.0 Å². The second kappa shape index (κ2) is 8.54. The van der Waals surface area contributed by atoms with Gasteiger partial charge in [0.05, 0.1) is 6.04 Å². The molecule has 0 bridgehead atoms. The van der Waals surface area contributed by atoms with E-state index >= 15 is 0 Å². The molecule has 2 atom stereocenters. The Kier molecular flexibility index (Phi) is 5.91. The Morgan fingerprint density at radius 3 is 1.80 bits per heavy atom. The number of thioether (sulfide) groups is 1. The van der Waals surface area contributed by atoms with E-state index in [2.05, 4.69) is 5.32 Å². The van der Waals surface area contributed by atoms with Crippen molar-refractivity contribution in [1.29, 1.82) is 0 Å². The van der Waals surface area contributed by atoms with Gasteiger partial charge in [-0.15, -0.1) is 11.8 Å². The van der Waals surface area contributed by atoms with Gasteiger partial charge in [0, 0.05) is 4.90 Å². The Hall–Kier alpha value is -2.52. The van der Waals surface area contributed by atoms with Crippen molar-refractivity contribution in [2.75, 3.05) is 0 Å². The normalized spacial score (nSPS) is 13.0. The van der Waals surface area contributed by atoms with Gasteiger partial charge < -0.3 is 5.32 Å². The molecule has 0 radical (unpaired) electrons. The standard InChI is InChI=1S/C22H21NOS/c1-17(18-11-5-2-6-12-18)23-22(24)21(19-13-7-3-8-14-19)25-20-15-9-4-10-16-20/h2-17,21H,1H3,(H,23,24)/t17-,21+/m0/s1. The van der Waals surface area contributed by atoms with Crippen LogP contribution >= 0.6 is 11.8 Å². The zero-order chi connectivity index (χ0) is 17.5. The summed E-state index contributed by atoms with van der Waals surface area (Å²) in [6.07, 6.45) is 0. The number of nitrogens with one attached hydrogen (secondary N) is 1. The van der Waals surface area contributed by atoms with Crippen molar-refractivity contribution in [3.8, 4) is 0 Å². The molecule has 0 aromatic heterocycles. The molecule has 0 aliphatic rings. The largest absolute Gasteiger partial charge is 0.348 e. The second-order valence-electron chi connectivity index (χ2n) is 5.86. The van der Waals surface area contributed by atoms with Crippen molar-refractivity contribution in [2.45, 2.75) is 23.1 Å². The molecule has 0 aliphatic heterocycles. The van der Waals surface area contributed by atoms with Crippen LogP contribution in [0.25, 0.3) is 0 Å². The van der Waals surface area contributed by atoms with Crippen molar-refractivity contribution >= 4 is 17.7 Å². The molecule has 0 spiro atoms. The summed E-state index contributed by atoms with van der Waals surface area (Å²) in [4.78, 5) is 14.1. The lowest BCUT2D eigenvalue weighted by Gasteiger charge is -2.21. The minimum Gasteiger partial charge on any atom is -0.348 e. The fourth-order valence-corrected chi connectivity index (χ4v) is 3.70. The molecule has 0 fully saturated rings. The van der Waals surface area contributed by atoms with Gasteiger partial charge in [-0.05, 0) is 30.2 Å². The molecule has 0 heterocycles. The highest BCUT2D eigenvalue weighted by molar-refractivity contribution is 8.00. The molecular weight excluding hydrogens is 326 g/mol. The van der Waals surface area contributed by atoms with Crippen molar-refractivity contribution in [3.05, 3.63) is 102 Å². The van der Waals surface area contributed by atoms with Gasteiger partial charge in [0.25, 0.3) is 0 Å². The molecule has 0 unspecified atom stereocenters. The van der Waals surface area contributed by atoms with Crippen LogP contribution in [0.4, 0.5) is 0 Å². The van der Waals surface area contributed by atoms with E-state index in [4.69, 9.17) is 0 Å². The monoisotopic (exact) mass is 347 g/mol. The van der Waals surface area contributed by atoms with E-state index in [1.54, 1.807) is 11.8 Å². The summed E-state index contributed by atoms with van der Waals surface area (Å²) in [6.45, 7) is 2.02. The first kappa shape index (κ1) is 17.3. The summed E-state index contributed by atoms with van der Waals surface area (Å²) < 4.78 is 0. The van der Waals surface area contributed by atoms with Gasteiger partial charge in [0.1, 0.15) is 5.25 Å². The summed E-state index contributed by atoms with van der Waals surface area (Å²) in [6, 6.07) is 30.0. The number of hydrogen-bond donors (Lipinski definition) is 1. The van der Waals surface area contributed by atoms with Crippen molar-refractivity contribution in [1.82, 2.24) is 5.32 Å². The zero-order valence-electron chi connectivity index (χ0n) is 14.1. The molecule has 1 N–H and O–H groups in total. The summed E-state index contributed by atoms with van der Waals surface area (Å²) in [7, 11) is 0. The van der Waals surface area contributed by atoms with Crippen LogP contribution in [0, 0.1) is 0 Å². The van der Waals surface area contributed by atoms with Gasteiger partial charge >= 0.3 is 0 Å². The highest BCUT2D eigenvalue weighted by Gasteiger charge is 2.23. The third-order valence-corrected chi connectivity index (χ3v) is 5.26. The van der Waals surface area contributed by atoms with Crippen LogP contribution in [0.5, 0.6) is 0 Å². The molecule has 3 aromatic rings. The maximum Gasteiger partial charge on any atom is 0.238 e. The van der Waals surface area contributed by atoms with Gasteiger partial charge in [-0.25, -0.2) is 0 Å². The van der Waals surface area contributed by atoms with Crippen LogP contribution < -0.4 is 5.32 Å². The minimum atomic E-state index is -0.283. The first-order valence-corrected chi connectivity index (χ1v) is 9.24. The van der Waals surface area contributed by atoms with Gasteiger partial charge in [-0.2, -0.15) is 0 Å². The number of amides is 1. The predicted molar refractivity (Wildman–Crippen MR) is 104 cm³/mol. The first-order valence-electron chi connectivity index (χ1n) is 8.36. The SMILES string of the molecule is C[C@H](NC(=O)[C@H](Sc1ccccc1)c1ccccc1)c1ccccc1. The quantitative estimate of drug-likeness (QED) is 0.605. The highest BCUT2D eigenvalue weighted by atomic mass is 32.2. The molecule has 3 heteroatoms. The van der Waals surface area contributed by atoms with Gasteiger partial charge in [0.15, 0.2) is 0 Å². The molecule has 1 amide bonds. The van der Waals surface area contributed by atoms with E-state index < -0.39 is 0 Å². The number of carbonyl (C=O) groups is 1. The van der Waals surface area contributed by atoms with Crippen LogP contribution in [-0.2, 0) is 4.79 Å². The van der Waals surface area contributed by atoms with Crippen LogP contribution in [0.1, 0.15) is 29.3 Å². The predicted octanol–water partition coefficient (Wildman–Crippen LogP) is 5.40. The Morgan fingerprint density at radius 1 is 0.760 bits per heavy atom. The van der Waals surface area contributed by atoms with Crippen molar-refractivity contribution < 1.29 is 4.79 Å². The van der Waals surface area contributed by atoms with E-state index in [1.165, 1.54) is 0 Å². The Morgan fingerprint density at radius 2 is 1.24 bits per heavy atom. The van der Waals surface area contributed by atoms with Gasteiger partial charge in [0.2, 0.25) is 5.91 Å². The lowest BCUT2D eigenvalue weighted by atomic mass is 10.1. The fourth-order valence-electron chi connectivity index (χ4n) is 2.65. The summed E-state index contributed by atoms with van der Waals surface area (Å²) in [5, 5.41) is 2.87. The maximum absolute atomic E-state index is 13.0. The second-order valence-corrected chi connectivity index (χ2v) is 7.04. The number of carbonyl (C=O) groups excluding carboxylic acids is 1. The van der Waals surface area contributed by atoms with E-state index in [9.17, 15) is 4.79 Å². The smallest absolute Gasteiger partial charge is 0.238 e. The van der Waals surface area contributed by atoms with E-state index in [-0.39, 0.29) is 17.2 Å². The van der Waals surface area contributed by atoms with E-state index in [0.29, 0.717) is 0 Å². The molecule has 0 aliphatic carbocycles. The Bertz CT molecular complexity index is 790.